The molecule has 0 atom stereocenters. The zero-order chi connectivity index (χ0) is 18.9. The second kappa shape index (κ2) is 9.90. The molecule has 1 aliphatic rings. The number of nitrogens with zero attached hydrogens (tertiary/aromatic N) is 2. The molecule has 2 aromatic rings. The number of aryl methyl sites for hydroxylation is 1. The fourth-order valence-electron chi connectivity index (χ4n) is 3.54. The number of amides is 2. The van der Waals surface area contributed by atoms with Crippen LogP contribution in [0.25, 0.3) is 0 Å². The summed E-state index contributed by atoms with van der Waals surface area (Å²) in [6.07, 6.45) is 8.14. The summed E-state index contributed by atoms with van der Waals surface area (Å²) >= 11 is 0. The molecule has 0 bridgehead atoms. The summed E-state index contributed by atoms with van der Waals surface area (Å²) < 4.78 is 1.55. The van der Waals surface area contributed by atoms with E-state index < -0.39 is 0 Å². The standard InChI is InChI=1S/C21H28N4O2/c26-20-15-19(18-10-4-5-11-18)24-16-25(20)14-13-23-21(27)22-12-6-9-17-7-2-1-3-8-17/h1-3,7-8,15-16,18H,4-6,9-14H2,(H2,22,23,27). The predicted octanol–water partition coefficient (Wildman–Crippen LogP) is 2.83. The van der Waals surface area contributed by atoms with Gasteiger partial charge in [0.25, 0.3) is 5.56 Å². The topological polar surface area (TPSA) is 76.0 Å². The van der Waals surface area contributed by atoms with Gasteiger partial charge in [0.05, 0.1) is 12.0 Å². The fraction of sp³-hybridized carbons (Fsp3) is 0.476. The summed E-state index contributed by atoms with van der Waals surface area (Å²) in [5.41, 5.74) is 2.14. The highest BCUT2D eigenvalue weighted by Crippen LogP contribution is 2.32. The van der Waals surface area contributed by atoms with E-state index >= 15 is 0 Å². The van der Waals surface area contributed by atoms with E-state index in [1.807, 2.05) is 18.2 Å². The van der Waals surface area contributed by atoms with E-state index in [1.165, 1.54) is 18.4 Å². The summed E-state index contributed by atoms with van der Waals surface area (Å²) in [6.45, 7) is 1.45. The Balaban J connectivity index is 1.34. The molecule has 0 unspecified atom stereocenters. The molecule has 1 fully saturated rings. The molecule has 2 N–H and O–H groups in total. The van der Waals surface area contributed by atoms with E-state index in [0.29, 0.717) is 25.6 Å². The molecule has 2 amide bonds. The summed E-state index contributed by atoms with van der Waals surface area (Å²) in [5, 5.41) is 5.64. The number of urea groups is 1. The van der Waals surface area contributed by atoms with E-state index in [0.717, 1.165) is 31.4 Å². The van der Waals surface area contributed by atoms with Crippen LogP contribution in [0.1, 0.15) is 49.3 Å². The van der Waals surface area contributed by atoms with Crippen LogP contribution in [0.5, 0.6) is 0 Å². The number of hydrogen-bond donors (Lipinski definition) is 2. The monoisotopic (exact) mass is 368 g/mol. The minimum Gasteiger partial charge on any atom is -0.338 e. The number of benzene rings is 1. The minimum absolute atomic E-state index is 0.0445. The first-order valence-corrected chi connectivity index (χ1v) is 9.84. The molecule has 27 heavy (non-hydrogen) atoms. The number of carbonyl (C=O) groups is 1. The second-order valence-electron chi connectivity index (χ2n) is 7.10. The van der Waals surface area contributed by atoms with Crippen LogP contribution < -0.4 is 16.2 Å². The third-order valence-electron chi connectivity index (χ3n) is 5.08. The molecule has 1 aliphatic carbocycles. The first-order chi connectivity index (χ1) is 13.2. The lowest BCUT2D eigenvalue weighted by Crippen LogP contribution is -2.38. The third kappa shape index (κ3) is 5.94. The number of rotatable bonds is 8. The van der Waals surface area contributed by atoms with Crippen LogP contribution in [0.3, 0.4) is 0 Å². The van der Waals surface area contributed by atoms with Gasteiger partial charge in [-0.3, -0.25) is 9.36 Å². The molecule has 1 aromatic heterocycles. The number of carbonyl (C=O) groups excluding carboxylic acids is 1. The van der Waals surface area contributed by atoms with Gasteiger partial charge < -0.3 is 10.6 Å². The lowest BCUT2D eigenvalue weighted by atomic mass is 10.0. The first-order valence-electron chi connectivity index (χ1n) is 9.84. The van der Waals surface area contributed by atoms with E-state index in [-0.39, 0.29) is 11.6 Å². The maximum atomic E-state index is 12.2. The normalized spacial score (nSPS) is 14.2. The SMILES string of the molecule is O=C(NCCCc1ccccc1)NCCn1cnc(C2CCCC2)cc1=O. The first kappa shape index (κ1) is 19.1. The van der Waals surface area contributed by atoms with E-state index in [4.69, 9.17) is 0 Å². The van der Waals surface area contributed by atoms with Gasteiger partial charge in [0.15, 0.2) is 0 Å². The Hall–Kier alpha value is -2.63. The van der Waals surface area contributed by atoms with Crippen molar-refractivity contribution in [2.75, 3.05) is 13.1 Å². The zero-order valence-electron chi connectivity index (χ0n) is 15.7. The van der Waals surface area contributed by atoms with Crippen molar-refractivity contribution in [2.45, 2.75) is 51.0 Å². The van der Waals surface area contributed by atoms with Crippen LogP contribution in [0.4, 0.5) is 4.79 Å². The molecular weight excluding hydrogens is 340 g/mol. The molecular formula is C21H28N4O2. The summed E-state index contributed by atoms with van der Waals surface area (Å²) in [5.74, 6) is 0.437. The Kier molecular flexibility index (Phi) is 7.02. The molecule has 0 aliphatic heterocycles. The fourth-order valence-corrected chi connectivity index (χ4v) is 3.54. The summed E-state index contributed by atoms with van der Waals surface area (Å²) in [6, 6.07) is 11.7. The minimum atomic E-state index is -0.202. The van der Waals surface area contributed by atoms with Crippen molar-refractivity contribution in [1.82, 2.24) is 20.2 Å². The van der Waals surface area contributed by atoms with Gasteiger partial charge in [-0.2, -0.15) is 0 Å². The van der Waals surface area contributed by atoms with Gasteiger partial charge in [0, 0.05) is 31.6 Å². The molecule has 1 heterocycles. The van der Waals surface area contributed by atoms with Gasteiger partial charge in [0.2, 0.25) is 0 Å². The van der Waals surface area contributed by atoms with Gasteiger partial charge in [-0.25, -0.2) is 9.78 Å². The van der Waals surface area contributed by atoms with Crippen molar-refractivity contribution in [2.24, 2.45) is 0 Å². The quantitative estimate of drug-likeness (QED) is 0.704. The molecule has 6 heteroatoms. The maximum absolute atomic E-state index is 12.2. The zero-order valence-corrected chi connectivity index (χ0v) is 15.7. The van der Waals surface area contributed by atoms with Crippen molar-refractivity contribution in [3.63, 3.8) is 0 Å². The Bertz CT molecular complexity index is 782. The highest BCUT2D eigenvalue weighted by molar-refractivity contribution is 5.73. The Morgan fingerprint density at radius 3 is 2.59 bits per heavy atom. The molecule has 0 saturated heterocycles. The average Bonchev–Trinajstić information content (AvgIpc) is 3.22. The Labute approximate surface area is 160 Å². The van der Waals surface area contributed by atoms with Gasteiger partial charge in [-0.15, -0.1) is 0 Å². The molecule has 3 rings (SSSR count). The lowest BCUT2D eigenvalue weighted by molar-refractivity contribution is 0.240. The largest absolute Gasteiger partial charge is 0.338 e. The smallest absolute Gasteiger partial charge is 0.314 e. The van der Waals surface area contributed by atoms with E-state index in [9.17, 15) is 9.59 Å². The highest BCUT2D eigenvalue weighted by Gasteiger charge is 2.18. The average molecular weight is 368 g/mol. The van der Waals surface area contributed by atoms with E-state index in [2.05, 4.69) is 27.8 Å². The molecule has 144 valence electrons. The van der Waals surface area contributed by atoms with Crippen LogP contribution in [-0.2, 0) is 13.0 Å². The van der Waals surface area contributed by atoms with Crippen molar-refractivity contribution in [3.8, 4) is 0 Å². The second-order valence-corrected chi connectivity index (χ2v) is 7.10. The van der Waals surface area contributed by atoms with E-state index in [1.54, 1.807) is 17.0 Å². The van der Waals surface area contributed by atoms with Gasteiger partial charge in [0.1, 0.15) is 0 Å². The number of aromatic nitrogens is 2. The van der Waals surface area contributed by atoms with Crippen LogP contribution in [-0.4, -0.2) is 28.7 Å². The van der Waals surface area contributed by atoms with Crippen molar-refractivity contribution in [1.29, 1.82) is 0 Å². The highest BCUT2D eigenvalue weighted by atomic mass is 16.2. The molecule has 0 radical (unpaired) electrons. The van der Waals surface area contributed by atoms with Gasteiger partial charge >= 0.3 is 6.03 Å². The van der Waals surface area contributed by atoms with Crippen LogP contribution in [0.15, 0.2) is 47.5 Å². The Morgan fingerprint density at radius 2 is 1.85 bits per heavy atom. The maximum Gasteiger partial charge on any atom is 0.314 e. The van der Waals surface area contributed by atoms with Crippen LogP contribution >= 0.6 is 0 Å². The number of nitrogens with one attached hydrogen (secondary N) is 2. The summed E-state index contributed by atoms with van der Waals surface area (Å²) in [7, 11) is 0. The lowest BCUT2D eigenvalue weighted by Gasteiger charge is -2.11. The van der Waals surface area contributed by atoms with Gasteiger partial charge in [-0.05, 0) is 31.2 Å². The van der Waals surface area contributed by atoms with Gasteiger partial charge in [-0.1, -0.05) is 43.2 Å². The molecule has 0 spiro atoms. The summed E-state index contributed by atoms with van der Waals surface area (Å²) in [4.78, 5) is 28.5. The molecule has 1 aromatic carbocycles. The van der Waals surface area contributed by atoms with Crippen molar-refractivity contribution in [3.05, 3.63) is 64.3 Å². The third-order valence-corrected chi connectivity index (χ3v) is 5.08. The number of hydrogen-bond acceptors (Lipinski definition) is 3. The van der Waals surface area contributed by atoms with Crippen LogP contribution in [0.2, 0.25) is 0 Å². The van der Waals surface area contributed by atoms with Crippen molar-refractivity contribution < 1.29 is 4.79 Å². The molecule has 1 saturated carbocycles. The van der Waals surface area contributed by atoms with Crippen LogP contribution in [0, 0.1) is 0 Å². The Morgan fingerprint density at radius 1 is 1.11 bits per heavy atom. The predicted molar refractivity (Wildman–Crippen MR) is 106 cm³/mol. The van der Waals surface area contributed by atoms with Crippen molar-refractivity contribution >= 4 is 6.03 Å². The molecule has 6 nitrogen and oxygen atoms in total.